The number of hydrogen-bond acceptors (Lipinski definition) is 1. The van der Waals surface area contributed by atoms with E-state index in [0.29, 0.717) is 0 Å². The van der Waals surface area contributed by atoms with Crippen molar-refractivity contribution < 1.29 is 0 Å². The highest BCUT2D eigenvalue weighted by Crippen LogP contribution is 2.36. The zero-order valence-corrected chi connectivity index (χ0v) is 11.7. The van der Waals surface area contributed by atoms with Crippen LogP contribution in [0.1, 0.15) is 0 Å². The van der Waals surface area contributed by atoms with Crippen LogP contribution in [-0.2, 0) is 0 Å². The average Bonchev–Trinajstić information content (AvgIpc) is 3.16. The molecule has 2 aromatic carbocycles. The van der Waals surface area contributed by atoms with Crippen molar-refractivity contribution >= 4 is 21.4 Å². The number of thiophene rings is 1. The Morgan fingerprint density at radius 3 is 2.35 bits per heavy atom. The van der Waals surface area contributed by atoms with Crippen LogP contribution >= 0.6 is 11.3 Å². The van der Waals surface area contributed by atoms with Crippen LogP contribution in [0.4, 0.5) is 0 Å². The highest BCUT2D eigenvalue weighted by atomic mass is 32.1. The van der Waals surface area contributed by atoms with Gasteiger partial charge in [0.2, 0.25) is 0 Å². The molecule has 4 aromatic rings. The maximum Gasteiger partial charge on any atom is 0.0535 e. The SMILES string of the molecule is c1ccc(-n2cccc2)c(-c2cc3ccccc3s2)c1. The molecule has 0 spiro atoms. The van der Waals surface area contributed by atoms with Crippen LogP contribution in [0.3, 0.4) is 0 Å². The number of nitrogens with zero attached hydrogens (tertiary/aromatic N) is 1. The first-order valence-corrected chi connectivity index (χ1v) is 7.45. The molecule has 0 N–H and O–H groups in total. The molecular formula is C18H13NS. The Kier molecular flexibility index (Phi) is 2.68. The molecule has 20 heavy (non-hydrogen) atoms. The number of rotatable bonds is 2. The first kappa shape index (κ1) is 11.5. The molecule has 0 saturated carbocycles. The summed E-state index contributed by atoms with van der Waals surface area (Å²) in [6.07, 6.45) is 4.18. The van der Waals surface area contributed by atoms with Crippen LogP contribution in [0.25, 0.3) is 26.2 Å². The molecule has 0 saturated heterocycles. The number of fused-ring (bicyclic) bond motifs is 1. The van der Waals surface area contributed by atoms with Gasteiger partial charge in [0.15, 0.2) is 0 Å². The summed E-state index contributed by atoms with van der Waals surface area (Å²) in [7, 11) is 0. The maximum absolute atomic E-state index is 2.28. The van der Waals surface area contributed by atoms with Crippen molar-refractivity contribution in [1.82, 2.24) is 4.57 Å². The first-order chi connectivity index (χ1) is 9.92. The van der Waals surface area contributed by atoms with Crippen molar-refractivity contribution in [3.8, 4) is 16.1 Å². The van der Waals surface area contributed by atoms with Gasteiger partial charge in [-0.15, -0.1) is 11.3 Å². The minimum Gasteiger partial charge on any atom is -0.323 e. The third kappa shape index (κ3) is 1.86. The van der Waals surface area contributed by atoms with Gasteiger partial charge in [-0.2, -0.15) is 0 Å². The van der Waals surface area contributed by atoms with E-state index in [1.807, 2.05) is 11.3 Å². The molecular weight excluding hydrogens is 262 g/mol. The van der Waals surface area contributed by atoms with Gasteiger partial charge < -0.3 is 4.57 Å². The third-order valence-electron chi connectivity index (χ3n) is 3.48. The molecule has 2 heteroatoms. The number of aromatic nitrogens is 1. The highest BCUT2D eigenvalue weighted by molar-refractivity contribution is 7.22. The van der Waals surface area contributed by atoms with Crippen molar-refractivity contribution in [2.45, 2.75) is 0 Å². The van der Waals surface area contributed by atoms with Gasteiger partial charge in [-0.25, -0.2) is 0 Å². The quantitative estimate of drug-likeness (QED) is 0.464. The minimum absolute atomic E-state index is 1.23. The largest absolute Gasteiger partial charge is 0.323 e. The number of hydrogen-bond donors (Lipinski definition) is 0. The summed E-state index contributed by atoms with van der Waals surface area (Å²) in [5, 5.41) is 1.31. The first-order valence-electron chi connectivity index (χ1n) is 6.63. The molecule has 0 atom stereocenters. The van der Waals surface area contributed by atoms with Crippen LogP contribution in [0.5, 0.6) is 0 Å². The topological polar surface area (TPSA) is 4.93 Å². The van der Waals surface area contributed by atoms with Crippen LogP contribution in [0.2, 0.25) is 0 Å². The van der Waals surface area contributed by atoms with Gasteiger partial charge in [0.25, 0.3) is 0 Å². The lowest BCUT2D eigenvalue weighted by molar-refractivity contribution is 1.08. The summed E-state index contributed by atoms with van der Waals surface area (Å²) in [4.78, 5) is 1.32. The molecule has 4 rings (SSSR count). The monoisotopic (exact) mass is 275 g/mol. The van der Waals surface area contributed by atoms with Crippen molar-refractivity contribution in [3.63, 3.8) is 0 Å². The Labute approximate surface area is 121 Å². The third-order valence-corrected chi connectivity index (χ3v) is 4.63. The molecule has 96 valence electrons. The van der Waals surface area contributed by atoms with Crippen LogP contribution in [0.15, 0.2) is 79.1 Å². The van der Waals surface area contributed by atoms with Gasteiger partial charge in [0.1, 0.15) is 0 Å². The second-order valence-electron chi connectivity index (χ2n) is 4.76. The lowest BCUT2D eigenvalue weighted by Crippen LogP contribution is -1.91. The number of benzene rings is 2. The Bertz CT molecular complexity index is 823. The van der Waals surface area contributed by atoms with E-state index in [1.54, 1.807) is 0 Å². The Morgan fingerprint density at radius 1 is 0.750 bits per heavy atom. The van der Waals surface area contributed by atoms with Crippen molar-refractivity contribution in [2.75, 3.05) is 0 Å². The van der Waals surface area contributed by atoms with E-state index in [9.17, 15) is 0 Å². The van der Waals surface area contributed by atoms with Gasteiger partial charge in [0, 0.05) is 27.5 Å². The van der Waals surface area contributed by atoms with E-state index in [4.69, 9.17) is 0 Å². The summed E-state index contributed by atoms with van der Waals surface area (Å²) in [5.74, 6) is 0. The maximum atomic E-state index is 2.28. The molecule has 0 amide bonds. The molecule has 0 bridgehead atoms. The van der Waals surface area contributed by atoms with Crippen molar-refractivity contribution in [3.05, 3.63) is 79.1 Å². The zero-order chi connectivity index (χ0) is 13.4. The van der Waals surface area contributed by atoms with E-state index in [1.165, 1.54) is 26.2 Å². The van der Waals surface area contributed by atoms with Gasteiger partial charge in [0.05, 0.1) is 5.69 Å². The molecule has 0 aliphatic rings. The van der Waals surface area contributed by atoms with Crippen molar-refractivity contribution in [1.29, 1.82) is 0 Å². The Morgan fingerprint density at radius 2 is 1.50 bits per heavy atom. The standard InChI is InChI=1S/C18H13NS/c1-4-10-17-14(7-1)13-18(20-17)15-8-2-3-9-16(15)19-11-5-6-12-19/h1-13H. The van der Waals surface area contributed by atoms with E-state index in [0.717, 1.165) is 0 Å². The molecule has 0 aliphatic carbocycles. The highest BCUT2D eigenvalue weighted by Gasteiger charge is 2.09. The predicted octanol–water partition coefficient (Wildman–Crippen LogP) is 5.36. The van der Waals surface area contributed by atoms with Gasteiger partial charge in [-0.3, -0.25) is 0 Å². The fourth-order valence-electron chi connectivity index (χ4n) is 2.52. The van der Waals surface area contributed by atoms with E-state index >= 15 is 0 Å². The molecule has 0 radical (unpaired) electrons. The van der Waals surface area contributed by atoms with Crippen LogP contribution < -0.4 is 0 Å². The van der Waals surface area contributed by atoms with E-state index < -0.39 is 0 Å². The lowest BCUT2D eigenvalue weighted by atomic mass is 10.1. The fraction of sp³-hybridized carbons (Fsp3) is 0. The molecule has 0 aliphatic heterocycles. The van der Waals surface area contributed by atoms with Gasteiger partial charge >= 0.3 is 0 Å². The summed E-state index contributed by atoms with van der Waals surface area (Å²) < 4.78 is 3.50. The molecule has 2 heterocycles. The molecule has 1 nitrogen and oxygen atoms in total. The zero-order valence-electron chi connectivity index (χ0n) is 10.9. The fourth-order valence-corrected chi connectivity index (χ4v) is 3.61. The van der Waals surface area contributed by atoms with Crippen LogP contribution in [-0.4, -0.2) is 4.57 Å². The molecule has 0 fully saturated rings. The smallest absolute Gasteiger partial charge is 0.0535 e. The summed E-state index contributed by atoms with van der Waals surface area (Å²) in [6.45, 7) is 0. The lowest BCUT2D eigenvalue weighted by Gasteiger charge is -2.08. The van der Waals surface area contributed by atoms with E-state index in [2.05, 4.69) is 83.7 Å². The average molecular weight is 275 g/mol. The Hall–Kier alpha value is -2.32. The van der Waals surface area contributed by atoms with Crippen LogP contribution in [0, 0.1) is 0 Å². The van der Waals surface area contributed by atoms with Gasteiger partial charge in [-0.1, -0.05) is 36.4 Å². The normalized spacial score (nSPS) is 11.0. The molecule has 0 unspecified atom stereocenters. The van der Waals surface area contributed by atoms with Crippen molar-refractivity contribution in [2.24, 2.45) is 0 Å². The number of para-hydroxylation sites is 1. The summed E-state index contributed by atoms with van der Waals surface area (Å²) >= 11 is 1.85. The van der Waals surface area contributed by atoms with Gasteiger partial charge in [-0.05, 0) is 35.7 Å². The second kappa shape index (κ2) is 4.66. The Balaban J connectivity index is 1.94. The van der Waals surface area contributed by atoms with E-state index in [-0.39, 0.29) is 0 Å². The second-order valence-corrected chi connectivity index (χ2v) is 5.84. The molecule has 2 aromatic heterocycles. The predicted molar refractivity (Wildman–Crippen MR) is 86.6 cm³/mol. The summed E-state index contributed by atoms with van der Waals surface area (Å²) in [6, 6.07) is 23.5. The summed E-state index contributed by atoms with van der Waals surface area (Å²) in [5.41, 5.74) is 2.51. The minimum atomic E-state index is 1.23.